The second-order valence-electron chi connectivity index (χ2n) is 6.02. The Morgan fingerprint density at radius 3 is 2.63 bits per heavy atom. The van der Waals surface area contributed by atoms with Crippen molar-refractivity contribution < 1.29 is 22.7 Å². The standard InChI is InChI=1S/C18H19ClN2O5S/c1-3-15(21(27(2,23)24)14-6-4-5-12(19)9-14)18(22)20-13-7-8-16-17(10-13)26-11-25-16/h4-10,15H,3,11H2,1-2H3,(H,20,22)/t15-/m0/s1. The van der Waals surface area contributed by atoms with Crippen LogP contribution in [0.15, 0.2) is 42.5 Å². The molecule has 144 valence electrons. The number of rotatable bonds is 6. The lowest BCUT2D eigenvalue weighted by atomic mass is 10.1. The van der Waals surface area contributed by atoms with Gasteiger partial charge in [0.05, 0.1) is 11.9 Å². The molecule has 0 bridgehead atoms. The third-order valence-electron chi connectivity index (χ3n) is 4.03. The van der Waals surface area contributed by atoms with E-state index in [1.807, 2.05) is 0 Å². The minimum Gasteiger partial charge on any atom is -0.454 e. The molecule has 3 rings (SSSR count). The number of nitrogens with zero attached hydrogens (tertiary/aromatic N) is 1. The minimum absolute atomic E-state index is 0.126. The van der Waals surface area contributed by atoms with Gasteiger partial charge in [-0.2, -0.15) is 0 Å². The third-order valence-corrected chi connectivity index (χ3v) is 5.45. The zero-order valence-electron chi connectivity index (χ0n) is 14.8. The molecular weight excluding hydrogens is 392 g/mol. The molecule has 0 spiro atoms. The van der Waals surface area contributed by atoms with E-state index in [-0.39, 0.29) is 13.2 Å². The first-order valence-electron chi connectivity index (χ1n) is 8.25. The highest BCUT2D eigenvalue weighted by Gasteiger charge is 2.32. The maximum absolute atomic E-state index is 12.9. The number of anilines is 2. The number of carbonyl (C=O) groups excluding carboxylic acids is 1. The molecule has 2 aromatic rings. The quantitative estimate of drug-likeness (QED) is 0.790. The molecule has 0 unspecified atom stereocenters. The number of nitrogens with one attached hydrogen (secondary N) is 1. The zero-order valence-corrected chi connectivity index (χ0v) is 16.4. The van der Waals surface area contributed by atoms with E-state index < -0.39 is 22.0 Å². The van der Waals surface area contributed by atoms with E-state index >= 15 is 0 Å². The lowest BCUT2D eigenvalue weighted by molar-refractivity contribution is -0.117. The van der Waals surface area contributed by atoms with Gasteiger partial charge in [-0.15, -0.1) is 0 Å². The maximum atomic E-state index is 12.9. The molecule has 0 radical (unpaired) electrons. The zero-order chi connectivity index (χ0) is 19.6. The number of hydrogen-bond donors (Lipinski definition) is 1. The van der Waals surface area contributed by atoms with Gasteiger partial charge in [0.1, 0.15) is 6.04 Å². The van der Waals surface area contributed by atoms with Gasteiger partial charge in [-0.3, -0.25) is 9.10 Å². The molecule has 0 fully saturated rings. The number of benzene rings is 2. The van der Waals surface area contributed by atoms with E-state index in [0.717, 1.165) is 10.6 Å². The van der Waals surface area contributed by atoms with Crippen molar-refractivity contribution in [2.45, 2.75) is 19.4 Å². The summed E-state index contributed by atoms with van der Waals surface area (Å²) in [6, 6.07) is 10.4. The van der Waals surface area contributed by atoms with Gasteiger partial charge in [0, 0.05) is 16.8 Å². The molecule has 0 aliphatic carbocycles. The van der Waals surface area contributed by atoms with Crippen LogP contribution in [-0.2, 0) is 14.8 Å². The first-order valence-corrected chi connectivity index (χ1v) is 10.5. The van der Waals surface area contributed by atoms with E-state index in [2.05, 4.69) is 5.32 Å². The highest BCUT2D eigenvalue weighted by molar-refractivity contribution is 7.92. The van der Waals surface area contributed by atoms with Crippen LogP contribution in [0.3, 0.4) is 0 Å². The first-order chi connectivity index (χ1) is 12.8. The van der Waals surface area contributed by atoms with Crippen molar-refractivity contribution in [2.24, 2.45) is 0 Å². The number of halogens is 1. The van der Waals surface area contributed by atoms with Gasteiger partial charge in [0.2, 0.25) is 22.7 Å². The fourth-order valence-corrected chi connectivity index (χ4v) is 4.26. The molecule has 1 aliphatic heterocycles. The van der Waals surface area contributed by atoms with Crippen LogP contribution >= 0.6 is 11.6 Å². The van der Waals surface area contributed by atoms with Crippen molar-refractivity contribution in [1.29, 1.82) is 0 Å². The third kappa shape index (κ3) is 4.28. The summed E-state index contributed by atoms with van der Waals surface area (Å²) in [5.74, 6) is 0.661. The SMILES string of the molecule is CC[C@@H](C(=O)Nc1ccc2c(c1)OCO2)N(c1cccc(Cl)c1)S(C)(=O)=O. The van der Waals surface area contributed by atoms with Crippen molar-refractivity contribution in [3.05, 3.63) is 47.5 Å². The number of hydrogen-bond acceptors (Lipinski definition) is 5. The molecule has 1 amide bonds. The molecule has 0 saturated heterocycles. The summed E-state index contributed by atoms with van der Waals surface area (Å²) in [6.45, 7) is 1.87. The monoisotopic (exact) mass is 410 g/mol. The Morgan fingerprint density at radius 1 is 1.22 bits per heavy atom. The second kappa shape index (κ2) is 7.66. The lowest BCUT2D eigenvalue weighted by Crippen LogP contribution is -2.47. The molecule has 0 aromatic heterocycles. The van der Waals surface area contributed by atoms with E-state index in [0.29, 0.717) is 27.9 Å². The van der Waals surface area contributed by atoms with Crippen molar-refractivity contribution >= 4 is 38.9 Å². The van der Waals surface area contributed by atoms with Crippen LogP contribution in [0.2, 0.25) is 5.02 Å². The molecular formula is C18H19ClN2O5S. The fraction of sp³-hybridized carbons (Fsp3) is 0.278. The van der Waals surface area contributed by atoms with E-state index in [9.17, 15) is 13.2 Å². The predicted octanol–water partition coefficient (Wildman–Crippen LogP) is 3.25. The van der Waals surface area contributed by atoms with E-state index in [4.69, 9.17) is 21.1 Å². The Labute approximate surface area is 162 Å². The maximum Gasteiger partial charge on any atom is 0.248 e. The first kappa shape index (κ1) is 19.3. The Bertz CT molecular complexity index is 964. The Balaban J connectivity index is 1.89. The fourth-order valence-electron chi connectivity index (χ4n) is 2.87. The summed E-state index contributed by atoms with van der Waals surface area (Å²) in [5, 5.41) is 3.13. The highest BCUT2D eigenvalue weighted by Crippen LogP contribution is 2.34. The number of carbonyl (C=O) groups is 1. The van der Waals surface area contributed by atoms with Crippen LogP contribution in [0.4, 0.5) is 11.4 Å². The van der Waals surface area contributed by atoms with E-state index in [1.54, 1.807) is 43.3 Å². The van der Waals surface area contributed by atoms with Gasteiger partial charge in [-0.1, -0.05) is 24.6 Å². The van der Waals surface area contributed by atoms with E-state index in [1.165, 1.54) is 6.07 Å². The highest BCUT2D eigenvalue weighted by atomic mass is 35.5. The van der Waals surface area contributed by atoms with Gasteiger partial charge in [-0.25, -0.2) is 8.42 Å². The van der Waals surface area contributed by atoms with Gasteiger partial charge < -0.3 is 14.8 Å². The average Bonchev–Trinajstić information content (AvgIpc) is 3.06. The Hall–Kier alpha value is -2.45. The van der Waals surface area contributed by atoms with Crippen LogP contribution in [-0.4, -0.2) is 33.4 Å². The number of fused-ring (bicyclic) bond motifs is 1. The lowest BCUT2D eigenvalue weighted by Gasteiger charge is -2.30. The molecule has 2 aromatic carbocycles. The number of amides is 1. The van der Waals surface area contributed by atoms with Crippen molar-refractivity contribution in [1.82, 2.24) is 0 Å². The summed E-state index contributed by atoms with van der Waals surface area (Å²) in [4.78, 5) is 12.9. The van der Waals surface area contributed by atoms with Crippen LogP contribution in [0.25, 0.3) is 0 Å². The minimum atomic E-state index is -3.72. The molecule has 1 N–H and O–H groups in total. The molecule has 1 atom stereocenters. The van der Waals surface area contributed by atoms with Crippen molar-refractivity contribution in [3.63, 3.8) is 0 Å². The van der Waals surface area contributed by atoms with Gasteiger partial charge in [0.15, 0.2) is 11.5 Å². The van der Waals surface area contributed by atoms with Crippen molar-refractivity contribution in [3.8, 4) is 11.5 Å². The van der Waals surface area contributed by atoms with Gasteiger partial charge in [0.25, 0.3) is 0 Å². The molecule has 27 heavy (non-hydrogen) atoms. The van der Waals surface area contributed by atoms with Gasteiger partial charge in [-0.05, 0) is 36.8 Å². The second-order valence-corrected chi connectivity index (χ2v) is 8.32. The summed E-state index contributed by atoms with van der Waals surface area (Å²) in [7, 11) is -3.72. The summed E-state index contributed by atoms with van der Waals surface area (Å²) in [5.41, 5.74) is 0.819. The smallest absolute Gasteiger partial charge is 0.248 e. The molecule has 0 saturated carbocycles. The van der Waals surface area contributed by atoms with Crippen molar-refractivity contribution in [2.75, 3.05) is 22.7 Å². The largest absolute Gasteiger partial charge is 0.454 e. The summed E-state index contributed by atoms with van der Waals surface area (Å²) >= 11 is 6.00. The molecule has 1 aliphatic rings. The summed E-state index contributed by atoms with van der Waals surface area (Å²) in [6.07, 6.45) is 1.33. The van der Waals surface area contributed by atoms with Crippen LogP contribution in [0, 0.1) is 0 Å². The number of sulfonamides is 1. The average molecular weight is 411 g/mol. The molecule has 9 heteroatoms. The molecule has 1 heterocycles. The predicted molar refractivity (Wildman–Crippen MR) is 104 cm³/mol. The topological polar surface area (TPSA) is 84.9 Å². The Morgan fingerprint density at radius 2 is 1.96 bits per heavy atom. The van der Waals surface area contributed by atoms with Crippen LogP contribution < -0.4 is 19.1 Å². The van der Waals surface area contributed by atoms with Crippen LogP contribution in [0.1, 0.15) is 13.3 Å². The molecule has 7 nitrogen and oxygen atoms in total. The summed E-state index contributed by atoms with van der Waals surface area (Å²) < 4.78 is 36.5. The van der Waals surface area contributed by atoms with Gasteiger partial charge >= 0.3 is 0 Å². The number of ether oxygens (including phenoxy) is 2. The normalized spacial score (nSPS) is 13.9. The van der Waals surface area contributed by atoms with Crippen LogP contribution in [0.5, 0.6) is 11.5 Å². The Kier molecular flexibility index (Phi) is 5.48.